The van der Waals surface area contributed by atoms with E-state index in [4.69, 9.17) is 43.1 Å². The largest absolute Gasteiger partial charge is 0.463 e. The minimum Gasteiger partial charge on any atom is -0.463 e. The van der Waals surface area contributed by atoms with Gasteiger partial charge in [0, 0.05) is 0 Å². The summed E-state index contributed by atoms with van der Waals surface area (Å²) in [4.78, 5) is 25.1. The van der Waals surface area contributed by atoms with E-state index in [0.29, 0.717) is 5.56 Å². The molecule has 8 heteroatoms. The predicted molar refractivity (Wildman–Crippen MR) is 97.5 cm³/mol. The highest BCUT2D eigenvalue weighted by Gasteiger charge is 2.41. The van der Waals surface area contributed by atoms with Crippen molar-refractivity contribution in [3.8, 4) is 0 Å². The van der Waals surface area contributed by atoms with Gasteiger partial charge in [-0.05, 0) is 32.4 Å². The van der Waals surface area contributed by atoms with Crippen molar-refractivity contribution >= 4 is 35.1 Å². The van der Waals surface area contributed by atoms with Crippen LogP contribution < -0.4 is 5.73 Å². The molecule has 1 heterocycles. The summed E-state index contributed by atoms with van der Waals surface area (Å²) in [5.74, 6) is -2.21. The van der Waals surface area contributed by atoms with E-state index in [1.54, 1.807) is 39.0 Å². The van der Waals surface area contributed by atoms with Crippen molar-refractivity contribution in [2.24, 2.45) is 5.73 Å². The summed E-state index contributed by atoms with van der Waals surface area (Å²) in [5.41, 5.74) is 6.47. The number of esters is 2. The van der Waals surface area contributed by atoms with Crippen LogP contribution in [0.25, 0.3) is 0 Å². The van der Waals surface area contributed by atoms with Crippen molar-refractivity contribution in [1.29, 1.82) is 0 Å². The highest BCUT2D eigenvalue weighted by atomic mass is 35.5. The Balaban J connectivity index is 2.71. The summed E-state index contributed by atoms with van der Waals surface area (Å²) in [6, 6.07) is 4.92. The van der Waals surface area contributed by atoms with E-state index < -0.39 is 17.9 Å². The van der Waals surface area contributed by atoms with Crippen molar-refractivity contribution in [1.82, 2.24) is 0 Å². The fourth-order valence-corrected chi connectivity index (χ4v) is 3.13. The van der Waals surface area contributed by atoms with Crippen molar-refractivity contribution in [3.63, 3.8) is 0 Å². The molecule has 1 aromatic rings. The Morgan fingerprint density at radius 2 is 1.69 bits per heavy atom. The summed E-state index contributed by atoms with van der Waals surface area (Å²) < 4.78 is 15.6. The van der Waals surface area contributed by atoms with Gasteiger partial charge in [0.2, 0.25) is 5.88 Å². The molecule has 6 nitrogen and oxygen atoms in total. The van der Waals surface area contributed by atoms with Gasteiger partial charge in [0.1, 0.15) is 11.3 Å². The Kier molecular flexibility index (Phi) is 6.56. The van der Waals surface area contributed by atoms with Crippen molar-refractivity contribution in [2.75, 3.05) is 13.2 Å². The molecule has 2 N–H and O–H groups in total. The first kappa shape index (κ1) is 20.1. The van der Waals surface area contributed by atoms with Gasteiger partial charge in [-0.3, -0.25) is 0 Å². The maximum absolute atomic E-state index is 12.6. The number of benzene rings is 1. The molecule has 0 unspecified atom stereocenters. The molecular formula is C18H19Cl2NO5. The zero-order chi connectivity index (χ0) is 19.4. The van der Waals surface area contributed by atoms with Crippen LogP contribution in [0.4, 0.5) is 0 Å². The van der Waals surface area contributed by atoms with Crippen LogP contribution in [0.15, 0.2) is 41.0 Å². The lowest BCUT2D eigenvalue weighted by Crippen LogP contribution is -2.30. The van der Waals surface area contributed by atoms with Crippen LogP contribution in [0, 0.1) is 0 Å². The number of carbonyl (C=O) groups excluding carboxylic acids is 2. The summed E-state index contributed by atoms with van der Waals surface area (Å²) in [6.45, 7) is 5.18. The molecule has 140 valence electrons. The zero-order valence-corrected chi connectivity index (χ0v) is 16.1. The van der Waals surface area contributed by atoms with E-state index >= 15 is 0 Å². The monoisotopic (exact) mass is 399 g/mol. The van der Waals surface area contributed by atoms with Gasteiger partial charge in [-0.2, -0.15) is 0 Å². The standard InChI is InChI=1S/C18H19Cl2NO5/c1-4-24-17(22)12-9(3)26-16(21)14(18(23)25-5-2)13(12)10-7-6-8-11(19)15(10)20/h6-8,13H,4-5,21H2,1-3H3/t13-/m1/s1. The van der Waals surface area contributed by atoms with Gasteiger partial charge in [0.25, 0.3) is 0 Å². The first-order valence-electron chi connectivity index (χ1n) is 7.99. The smallest absolute Gasteiger partial charge is 0.340 e. The third-order valence-corrected chi connectivity index (χ3v) is 4.60. The Hall–Kier alpha value is -2.18. The number of hydrogen-bond acceptors (Lipinski definition) is 6. The van der Waals surface area contributed by atoms with Gasteiger partial charge in [-0.15, -0.1) is 0 Å². The minimum absolute atomic E-state index is 0.0235. The molecule has 0 bridgehead atoms. The molecule has 1 aliphatic rings. The van der Waals surface area contributed by atoms with Crippen LogP contribution in [-0.2, 0) is 23.8 Å². The highest BCUT2D eigenvalue weighted by Crippen LogP contribution is 2.44. The maximum Gasteiger partial charge on any atom is 0.340 e. The fourth-order valence-electron chi connectivity index (χ4n) is 2.72. The number of allylic oxidation sites excluding steroid dienone is 1. The second-order valence-electron chi connectivity index (χ2n) is 5.37. The summed E-state index contributed by atoms with van der Waals surface area (Å²) >= 11 is 12.5. The molecule has 26 heavy (non-hydrogen) atoms. The zero-order valence-electron chi connectivity index (χ0n) is 14.6. The van der Waals surface area contributed by atoms with Gasteiger partial charge in [0.05, 0.1) is 34.8 Å². The normalized spacial score (nSPS) is 17.0. The summed E-state index contributed by atoms with van der Waals surface area (Å²) in [5, 5.41) is 0.476. The molecule has 0 aliphatic carbocycles. The Labute approximate surface area is 161 Å². The van der Waals surface area contributed by atoms with Crippen molar-refractivity contribution in [2.45, 2.75) is 26.7 Å². The fraction of sp³-hybridized carbons (Fsp3) is 0.333. The van der Waals surface area contributed by atoms with Crippen LogP contribution in [0.3, 0.4) is 0 Å². The summed E-state index contributed by atoms with van der Waals surface area (Å²) in [6.07, 6.45) is 0. The minimum atomic E-state index is -0.923. The van der Waals surface area contributed by atoms with Crippen LogP contribution in [0.2, 0.25) is 10.0 Å². The molecule has 0 spiro atoms. The summed E-state index contributed by atoms with van der Waals surface area (Å²) in [7, 11) is 0. The van der Waals surface area contributed by atoms with Crippen LogP contribution >= 0.6 is 23.2 Å². The molecule has 0 amide bonds. The SMILES string of the molecule is CCOC(=O)C1=C(C)OC(N)=C(C(=O)OCC)[C@@H]1c1cccc(Cl)c1Cl. The first-order chi connectivity index (χ1) is 12.3. The molecule has 1 aromatic carbocycles. The highest BCUT2D eigenvalue weighted by molar-refractivity contribution is 6.42. The van der Waals surface area contributed by atoms with Crippen LogP contribution in [0.5, 0.6) is 0 Å². The number of hydrogen-bond donors (Lipinski definition) is 1. The average molecular weight is 400 g/mol. The molecule has 2 rings (SSSR count). The predicted octanol–water partition coefficient (Wildman–Crippen LogP) is 3.68. The van der Waals surface area contributed by atoms with Gasteiger partial charge >= 0.3 is 11.9 Å². The molecule has 1 atom stereocenters. The third kappa shape index (κ3) is 3.81. The molecule has 1 aliphatic heterocycles. The topological polar surface area (TPSA) is 87.9 Å². The maximum atomic E-state index is 12.6. The molecule has 0 aromatic heterocycles. The lowest BCUT2D eigenvalue weighted by molar-refractivity contribution is -0.140. The molecule has 0 saturated carbocycles. The Bertz CT molecular complexity index is 761. The van der Waals surface area contributed by atoms with Crippen LogP contribution in [0.1, 0.15) is 32.3 Å². The Morgan fingerprint density at radius 1 is 1.12 bits per heavy atom. The van der Waals surface area contributed by atoms with Crippen LogP contribution in [-0.4, -0.2) is 25.2 Å². The van der Waals surface area contributed by atoms with E-state index in [1.807, 2.05) is 0 Å². The second-order valence-corrected chi connectivity index (χ2v) is 6.15. The number of carbonyl (C=O) groups is 2. The van der Waals surface area contributed by atoms with Gasteiger partial charge < -0.3 is 19.9 Å². The van der Waals surface area contributed by atoms with Gasteiger partial charge in [-0.25, -0.2) is 9.59 Å². The average Bonchev–Trinajstić information content (AvgIpc) is 2.57. The van der Waals surface area contributed by atoms with Crippen molar-refractivity contribution < 1.29 is 23.8 Å². The van der Waals surface area contributed by atoms with E-state index in [1.165, 1.54) is 0 Å². The second kappa shape index (κ2) is 8.47. The number of halogens is 2. The number of nitrogens with two attached hydrogens (primary N) is 1. The lowest BCUT2D eigenvalue weighted by atomic mass is 9.82. The molecular weight excluding hydrogens is 381 g/mol. The van der Waals surface area contributed by atoms with E-state index in [-0.39, 0.29) is 46.0 Å². The molecule has 0 fully saturated rings. The van der Waals surface area contributed by atoms with Crippen molar-refractivity contribution in [3.05, 3.63) is 56.6 Å². The van der Waals surface area contributed by atoms with E-state index in [2.05, 4.69) is 0 Å². The number of rotatable bonds is 5. The quantitative estimate of drug-likeness (QED) is 0.759. The third-order valence-electron chi connectivity index (χ3n) is 3.77. The van der Waals surface area contributed by atoms with Gasteiger partial charge in [-0.1, -0.05) is 35.3 Å². The number of ether oxygens (including phenoxy) is 3. The van der Waals surface area contributed by atoms with E-state index in [9.17, 15) is 9.59 Å². The van der Waals surface area contributed by atoms with Gasteiger partial charge in [0.15, 0.2) is 0 Å². The Morgan fingerprint density at radius 3 is 2.27 bits per heavy atom. The van der Waals surface area contributed by atoms with E-state index in [0.717, 1.165) is 0 Å². The molecule has 0 saturated heterocycles. The lowest BCUT2D eigenvalue weighted by Gasteiger charge is -2.29. The first-order valence-corrected chi connectivity index (χ1v) is 8.75. The molecule has 0 radical (unpaired) electrons.